The van der Waals surface area contributed by atoms with Crippen molar-refractivity contribution in [3.8, 4) is 11.8 Å². The van der Waals surface area contributed by atoms with Crippen LogP contribution in [-0.4, -0.2) is 31.5 Å². The largest absolute Gasteiger partial charge is 0.467 e. The van der Waals surface area contributed by atoms with Crippen LogP contribution in [0.2, 0.25) is 0 Å². The molecule has 26 heavy (non-hydrogen) atoms. The van der Waals surface area contributed by atoms with Crippen molar-refractivity contribution < 1.29 is 23.1 Å². The van der Waals surface area contributed by atoms with Crippen LogP contribution in [0.5, 0.6) is 0 Å². The van der Waals surface area contributed by atoms with Gasteiger partial charge in [-0.2, -0.15) is 0 Å². The second kappa shape index (κ2) is 10.3. The Labute approximate surface area is 152 Å². The lowest BCUT2D eigenvalue weighted by Gasteiger charge is -2.22. The number of nitrogens with one attached hydrogen (secondary N) is 1. The minimum absolute atomic E-state index is 0.266. The average molecular weight is 363 g/mol. The van der Waals surface area contributed by atoms with Crippen molar-refractivity contribution in [3.05, 3.63) is 48.6 Å². The third-order valence-electron chi connectivity index (χ3n) is 3.81. The Kier molecular flexibility index (Phi) is 8.50. The van der Waals surface area contributed by atoms with Gasteiger partial charge in [-0.1, -0.05) is 18.8 Å². The van der Waals surface area contributed by atoms with Crippen LogP contribution in [0, 0.1) is 23.7 Å². The number of methoxy groups -OCH3 is 1. The molecule has 2 atom stereocenters. The number of hydrogen-bond donors (Lipinski definition) is 1. The highest BCUT2D eigenvalue weighted by Gasteiger charge is 2.33. The van der Waals surface area contributed by atoms with E-state index in [-0.39, 0.29) is 5.56 Å². The van der Waals surface area contributed by atoms with Gasteiger partial charge >= 0.3 is 5.97 Å². The molecule has 1 N–H and O–H groups in total. The van der Waals surface area contributed by atoms with Crippen LogP contribution >= 0.6 is 0 Å². The summed E-state index contributed by atoms with van der Waals surface area (Å²) in [7, 11) is 1.09. The van der Waals surface area contributed by atoms with Gasteiger partial charge in [-0.05, 0) is 37.1 Å². The molecule has 4 nitrogen and oxygen atoms in total. The minimum Gasteiger partial charge on any atom is -0.467 e. The number of carbonyl (C=O) groups is 2. The molecule has 1 fully saturated rings. The number of benzene rings is 1. The molecular formula is C20H23F2NO3. The van der Waals surface area contributed by atoms with Gasteiger partial charge in [0.15, 0.2) is 0 Å². The summed E-state index contributed by atoms with van der Waals surface area (Å²) in [6.07, 6.45) is -0.496. The molecule has 0 aliphatic heterocycles. The predicted octanol–water partition coefficient (Wildman–Crippen LogP) is 3.42. The van der Waals surface area contributed by atoms with Gasteiger partial charge in [0.2, 0.25) is 6.43 Å². The maximum Gasteiger partial charge on any atom is 0.328 e. The van der Waals surface area contributed by atoms with Crippen molar-refractivity contribution >= 4 is 11.9 Å². The van der Waals surface area contributed by atoms with Gasteiger partial charge in [0.25, 0.3) is 5.91 Å². The number of hydrogen-bond acceptors (Lipinski definition) is 3. The van der Waals surface area contributed by atoms with Crippen LogP contribution in [0.15, 0.2) is 37.4 Å². The second-order valence-corrected chi connectivity index (χ2v) is 5.79. The summed E-state index contributed by atoms with van der Waals surface area (Å²) in [4.78, 5) is 23.8. The van der Waals surface area contributed by atoms with Gasteiger partial charge in [-0.25, -0.2) is 13.6 Å². The van der Waals surface area contributed by atoms with Crippen molar-refractivity contribution in [1.82, 2.24) is 5.32 Å². The highest BCUT2D eigenvalue weighted by molar-refractivity contribution is 5.96. The molecular weight excluding hydrogens is 340 g/mol. The number of amides is 1. The normalized spacial score (nSPS) is 14.8. The van der Waals surface area contributed by atoms with Crippen molar-refractivity contribution in [2.45, 2.75) is 32.2 Å². The fourth-order valence-electron chi connectivity index (χ4n) is 2.02. The van der Waals surface area contributed by atoms with Gasteiger partial charge in [0.05, 0.1) is 7.11 Å². The van der Waals surface area contributed by atoms with Crippen LogP contribution in [-0.2, 0) is 9.53 Å². The van der Waals surface area contributed by atoms with E-state index in [9.17, 15) is 18.4 Å². The van der Waals surface area contributed by atoms with Gasteiger partial charge in [0.1, 0.15) is 6.04 Å². The van der Waals surface area contributed by atoms with E-state index in [4.69, 9.17) is 0 Å². The summed E-state index contributed by atoms with van der Waals surface area (Å²) in [6.45, 7) is 7.18. The number of alkyl halides is 2. The van der Waals surface area contributed by atoms with Crippen molar-refractivity contribution in [3.63, 3.8) is 0 Å². The SMILES string of the molecule is C=C.COC(=O)C(NC(=O)c1ccc(C#CC2CC2)cc1)C(C)C(F)F. The lowest BCUT2D eigenvalue weighted by atomic mass is 10.0. The summed E-state index contributed by atoms with van der Waals surface area (Å²) in [5.74, 6) is 3.74. The summed E-state index contributed by atoms with van der Waals surface area (Å²) in [6, 6.07) is 5.07. The number of carbonyl (C=O) groups excluding carboxylic acids is 2. The molecule has 0 heterocycles. The van der Waals surface area contributed by atoms with Gasteiger partial charge in [0, 0.05) is 23.0 Å². The molecule has 1 aromatic rings. The smallest absolute Gasteiger partial charge is 0.328 e. The number of halogens is 2. The number of ether oxygens (including phenoxy) is 1. The molecule has 0 aromatic heterocycles. The highest BCUT2D eigenvalue weighted by atomic mass is 19.3. The number of rotatable bonds is 5. The molecule has 6 heteroatoms. The lowest BCUT2D eigenvalue weighted by molar-refractivity contribution is -0.146. The monoisotopic (exact) mass is 363 g/mol. The molecule has 0 spiro atoms. The Morgan fingerprint density at radius 1 is 1.23 bits per heavy atom. The molecule has 0 radical (unpaired) electrons. The topological polar surface area (TPSA) is 55.4 Å². The van der Waals surface area contributed by atoms with Gasteiger partial charge in [-0.3, -0.25) is 4.79 Å². The van der Waals surface area contributed by atoms with Crippen molar-refractivity contribution in [2.75, 3.05) is 7.11 Å². The van der Waals surface area contributed by atoms with Crippen LogP contribution in [0.25, 0.3) is 0 Å². The molecule has 0 saturated heterocycles. The van der Waals surface area contributed by atoms with Gasteiger partial charge in [-0.15, -0.1) is 13.2 Å². The number of esters is 1. The molecule has 0 bridgehead atoms. The van der Waals surface area contributed by atoms with E-state index in [2.05, 4.69) is 35.1 Å². The first-order valence-corrected chi connectivity index (χ1v) is 8.20. The van der Waals surface area contributed by atoms with E-state index >= 15 is 0 Å². The van der Waals surface area contributed by atoms with Crippen LogP contribution in [0.3, 0.4) is 0 Å². The summed E-state index contributed by atoms with van der Waals surface area (Å²) in [5, 5.41) is 2.32. The quantitative estimate of drug-likeness (QED) is 0.495. The summed E-state index contributed by atoms with van der Waals surface area (Å²) < 4.78 is 30.2. The van der Waals surface area contributed by atoms with Crippen LogP contribution in [0.1, 0.15) is 35.7 Å². The molecule has 140 valence electrons. The molecule has 1 saturated carbocycles. The Bertz CT molecular complexity index is 673. The third-order valence-corrected chi connectivity index (χ3v) is 3.81. The van der Waals surface area contributed by atoms with E-state index in [1.807, 2.05) is 0 Å². The van der Waals surface area contributed by atoms with E-state index < -0.39 is 30.3 Å². The van der Waals surface area contributed by atoms with Crippen LogP contribution < -0.4 is 5.32 Å². The zero-order chi connectivity index (χ0) is 19.7. The second-order valence-electron chi connectivity index (χ2n) is 5.79. The fourth-order valence-corrected chi connectivity index (χ4v) is 2.02. The van der Waals surface area contributed by atoms with Crippen molar-refractivity contribution in [1.29, 1.82) is 0 Å². The van der Waals surface area contributed by atoms with E-state index in [0.29, 0.717) is 5.92 Å². The van der Waals surface area contributed by atoms with E-state index in [1.54, 1.807) is 24.3 Å². The van der Waals surface area contributed by atoms with Crippen LogP contribution in [0.4, 0.5) is 8.78 Å². The third kappa shape index (κ3) is 6.32. The molecule has 1 aliphatic carbocycles. The summed E-state index contributed by atoms with van der Waals surface area (Å²) >= 11 is 0. The first kappa shape index (κ1) is 21.4. The highest BCUT2D eigenvalue weighted by Crippen LogP contribution is 2.27. The Hall–Kier alpha value is -2.68. The predicted molar refractivity (Wildman–Crippen MR) is 95.7 cm³/mol. The zero-order valence-electron chi connectivity index (χ0n) is 14.9. The zero-order valence-corrected chi connectivity index (χ0v) is 14.9. The first-order chi connectivity index (χ1) is 12.4. The lowest BCUT2D eigenvalue weighted by Crippen LogP contribution is -2.47. The Morgan fingerprint density at radius 3 is 2.27 bits per heavy atom. The average Bonchev–Trinajstić information content (AvgIpc) is 3.49. The fraction of sp³-hybridized carbons (Fsp3) is 0.400. The van der Waals surface area contributed by atoms with Gasteiger partial charge < -0.3 is 10.1 Å². The molecule has 1 aliphatic rings. The molecule has 1 amide bonds. The standard InChI is InChI=1S/C18H19F2NO3.C2H4/c1-11(16(19)20)15(18(23)24-2)21-17(22)14-9-7-13(8-10-14)6-5-12-3-4-12;1-2/h7-12,15-16H,3-4H2,1-2H3,(H,21,22);1-2H2. The maximum atomic E-state index is 12.9. The Balaban J connectivity index is 0.00000163. The van der Waals surface area contributed by atoms with E-state index in [1.165, 1.54) is 6.92 Å². The van der Waals surface area contributed by atoms with Crippen molar-refractivity contribution in [2.24, 2.45) is 11.8 Å². The first-order valence-electron chi connectivity index (χ1n) is 8.20. The molecule has 1 aromatic carbocycles. The molecule has 2 unspecified atom stereocenters. The van der Waals surface area contributed by atoms with E-state index in [0.717, 1.165) is 25.5 Å². The molecule has 2 rings (SSSR count). The Morgan fingerprint density at radius 2 is 1.81 bits per heavy atom. The summed E-state index contributed by atoms with van der Waals surface area (Å²) in [5.41, 5.74) is 1.05. The maximum absolute atomic E-state index is 12.9. The minimum atomic E-state index is -2.76.